The molecule has 3 N–H and O–H groups in total. The van der Waals surface area contributed by atoms with Gasteiger partial charge in [0.2, 0.25) is 11.8 Å². The molecule has 6 nitrogen and oxygen atoms in total. The molecule has 2 heterocycles. The first-order valence-corrected chi connectivity index (χ1v) is 8.71. The molecule has 0 aliphatic carbocycles. The molecule has 1 aliphatic heterocycles. The monoisotopic (exact) mass is 358 g/mol. The lowest BCUT2D eigenvalue weighted by molar-refractivity contribution is -0.115. The molecule has 6 heteroatoms. The van der Waals surface area contributed by atoms with Crippen molar-refractivity contribution in [1.82, 2.24) is 9.97 Å². The molecule has 4 rings (SSSR count). The number of carbonyl (C=O) groups excluding carboxylic acids is 2. The number of hydrogen-bond donors (Lipinski definition) is 2. The van der Waals surface area contributed by atoms with Crippen molar-refractivity contribution in [3.8, 4) is 11.1 Å². The number of fused-ring (bicyclic) bond motifs is 1. The topological polar surface area (TPSA) is 98.0 Å². The summed E-state index contributed by atoms with van der Waals surface area (Å²) in [4.78, 5) is 31.6. The number of anilines is 1. The van der Waals surface area contributed by atoms with Gasteiger partial charge in [-0.1, -0.05) is 18.2 Å². The van der Waals surface area contributed by atoms with Crippen LogP contribution >= 0.6 is 0 Å². The minimum Gasteiger partial charge on any atom is -0.366 e. The molecule has 0 unspecified atom stereocenters. The van der Waals surface area contributed by atoms with Crippen LogP contribution in [0.25, 0.3) is 11.1 Å². The van der Waals surface area contributed by atoms with Crippen molar-refractivity contribution >= 4 is 17.5 Å². The first-order chi connectivity index (χ1) is 13.1. The number of amides is 2. The van der Waals surface area contributed by atoms with Crippen LogP contribution in [0.2, 0.25) is 0 Å². The van der Waals surface area contributed by atoms with E-state index in [0.29, 0.717) is 18.4 Å². The summed E-state index contributed by atoms with van der Waals surface area (Å²) in [5.41, 5.74) is 10.6. The lowest BCUT2D eigenvalue weighted by Gasteiger charge is -2.06. The predicted molar refractivity (Wildman–Crippen MR) is 102 cm³/mol. The summed E-state index contributed by atoms with van der Waals surface area (Å²) in [6, 6.07) is 13.2. The van der Waals surface area contributed by atoms with E-state index in [4.69, 9.17) is 5.73 Å². The van der Waals surface area contributed by atoms with Gasteiger partial charge in [-0.15, -0.1) is 0 Å². The molecule has 0 bridgehead atoms. The van der Waals surface area contributed by atoms with Crippen LogP contribution in [0.1, 0.15) is 27.3 Å². The lowest BCUT2D eigenvalue weighted by atomic mass is 10.0. The first kappa shape index (κ1) is 16.9. The molecule has 2 amide bonds. The van der Waals surface area contributed by atoms with Crippen molar-refractivity contribution in [1.29, 1.82) is 0 Å². The van der Waals surface area contributed by atoms with E-state index in [0.717, 1.165) is 40.2 Å². The Morgan fingerprint density at radius 2 is 1.85 bits per heavy atom. The lowest BCUT2D eigenvalue weighted by Crippen LogP contribution is -2.11. The smallest absolute Gasteiger partial charge is 0.248 e. The van der Waals surface area contributed by atoms with Gasteiger partial charge in [0.1, 0.15) is 5.82 Å². The fraction of sp³-hybridized carbons (Fsp3) is 0.143. The zero-order valence-corrected chi connectivity index (χ0v) is 14.6. The average molecular weight is 358 g/mol. The Morgan fingerprint density at radius 1 is 1.04 bits per heavy atom. The molecule has 0 saturated heterocycles. The van der Waals surface area contributed by atoms with Crippen molar-refractivity contribution < 1.29 is 9.59 Å². The highest BCUT2D eigenvalue weighted by Crippen LogP contribution is 2.28. The molecule has 27 heavy (non-hydrogen) atoms. The maximum Gasteiger partial charge on any atom is 0.248 e. The van der Waals surface area contributed by atoms with Gasteiger partial charge in [-0.05, 0) is 47.4 Å². The molecule has 134 valence electrons. The van der Waals surface area contributed by atoms with Crippen molar-refractivity contribution in [3.63, 3.8) is 0 Å². The van der Waals surface area contributed by atoms with Gasteiger partial charge in [0, 0.05) is 35.6 Å². The number of aryl methyl sites for hydroxylation is 2. The molecule has 2 aromatic carbocycles. The number of nitrogens with one attached hydrogen (secondary N) is 1. The van der Waals surface area contributed by atoms with E-state index >= 15 is 0 Å². The van der Waals surface area contributed by atoms with E-state index in [-0.39, 0.29) is 5.91 Å². The first-order valence-electron chi connectivity index (χ1n) is 8.71. The second-order valence-corrected chi connectivity index (χ2v) is 6.55. The summed E-state index contributed by atoms with van der Waals surface area (Å²) in [7, 11) is 0. The van der Waals surface area contributed by atoms with Gasteiger partial charge in [0.05, 0.1) is 6.42 Å². The molecular formula is C21H18N4O2. The number of hydrogen-bond acceptors (Lipinski definition) is 4. The molecule has 3 aromatic rings. The number of nitrogens with two attached hydrogens (primary N) is 1. The average Bonchev–Trinajstić information content (AvgIpc) is 3.06. The number of benzene rings is 2. The Bertz CT molecular complexity index is 1030. The Morgan fingerprint density at radius 3 is 2.63 bits per heavy atom. The van der Waals surface area contributed by atoms with Gasteiger partial charge >= 0.3 is 0 Å². The molecule has 1 aromatic heterocycles. The van der Waals surface area contributed by atoms with Gasteiger partial charge in [-0.2, -0.15) is 0 Å². The summed E-state index contributed by atoms with van der Waals surface area (Å²) < 4.78 is 0. The fourth-order valence-electron chi connectivity index (χ4n) is 3.18. The van der Waals surface area contributed by atoms with Crippen LogP contribution in [0.5, 0.6) is 0 Å². The Kier molecular flexibility index (Phi) is 4.38. The van der Waals surface area contributed by atoms with Gasteiger partial charge in [-0.3, -0.25) is 9.59 Å². The highest BCUT2D eigenvalue weighted by atomic mass is 16.2. The van der Waals surface area contributed by atoms with E-state index in [1.54, 1.807) is 24.5 Å². The number of aromatic nitrogens is 2. The van der Waals surface area contributed by atoms with Crippen molar-refractivity contribution in [2.24, 2.45) is 5.73 Å². The van der Waals surface area contributed by atoms with E-state index in [1.165, 1.54) is 0 Å². The molecule has 0 atom stereocenters. The Labute approximate surface area is 156 Å². The van der Waals surface area contributed by atoms with Gasteiger partial charge < -0.3 is 11.1 Å². The highest BCUT2D eigenvalue weighted by molar-refractivity contribution is 5.99. The maximum atomic E-state index is 11.5. The van der Waals surface area contributed by atoms with Crippen LogP contribution in [0.15, 0.2) is 54.9 Å². The standard InChI is InChI=1S/C21H18N4O2/c22-21(27)15-3-1-2-13(8-15)4-7-19-23-11-17(12-24-19)14-5-6-18-16(9-14)10-20(26)25-18/h1-3,5-6,8-9,11-12H,4,7,10H2,(H2,22,27)(H,25,26). The summed E-state index contributed by atoms with van der Waals surface area (Å²) in [5, 5.41) is 2.83. The Balaban J connectivity index is 1.45. The summed E-state index contributed by atoms with van der Waals surface area (Å²) in [5.74, 6) is 0.332. The van der Waals surface area contributed by atoms with Gasteiger partial charge in [0.25, 0.3) is 0 Å². The number of primary amides is 1. The van der Waals surface area contributed by atoms with Crippen molar-refractivity contribution in [2.75, 3.05) is 5.32 Å². The highest BCUT2D eigenvalue weighted by Gasteiger charge is 2.17. The molecule has 0 spiro atoms. The third-order valence-electron chi connectivity index (χ3n) is 4.62. The Hall–Kier alpha value is -3.54. The molecule has 1 aliphatic rings. The third kappa shape index (κ3) is 3.69. The van der Waals surface area contributed by atoms with Crippen LogP contribution in [0.4, 0.5) is 5.69 Å². The quantitative estimate of drug-likeness (QED) is 0.732. The van der Waals surface area contributed by atoms with E-state index < -0.39 is 5.91 Å². The fourth-order valence-corrected chi connectivity index (χ4v) is 3.18. The summed E-state index contributed by atoms with van der Waals surface area (Å²) in [6.45, 7) is 0. The molecule has 0 fully saturated rings. The minimum atomic E-state index is -0.427. The number of nitrogens with zero attached hydrogens (tertiary/aromatic N) is 2. The molecule has 0 saturated carbocycles. The van der Waals surface area contributed by atoms with Crippen LogP contribution < -0.4 is 11.1 Å². The minimum absolute atomic E-state index is 0.0224. The SMILES string of the molecule is NC(=O)c1cccc(CCc2ncc(-c3ccc4c(c3)CC(=O)N4)cn2)c1. The van der Waals surface area contributed by atoms with Gasteiger partial charge in [0.15, 0.2) is 0 Å². The van der Waals surface area contributed by atoms with Crippen LogP contribution in [0, 0.1) is 0 Å². The van der Waals surface area contributed by atoms with Crippen LogP contribution in [-0.2, 0) is 24.1 Å². The predicted octanol–water partition coefficient (Wildman–Crippen LogP) is 2.52. The number of rotatable bonds is 5. The molecular weight excluding hydrogens is 340 g/mol. The molecule has 0 radical (unpaired) electrons. The third-order valence-corrected chi connectivity index (χ3v) is 4.62. The van der Waals surface area contributed by atoms with Crippen molar-refractivity contribution in [2.45, 2.75) is 19.3 Å². The van der Waals surface area contributed by atoms with E-state index in [2.05, 4.69) is 15.3 Å². The zero-order chi connectivity index (χ0) is 18.8. The van der Waals surface area contributed by atoms with Crippen molar-refractivity contribution in [3.05, 3.63) is 77.4 Å². The van der Waals surface area contributed by atoms with Crippen LogP contribution in [0.3, 0.4) is 0 Å². The normalized spacial score (nSPS) is 12.5. The maximum absolute atomic E-state index is 11.5. The largest absolute Gasteiger partial charge is 0.366 e. The van der Waals surface area contributed by atoms with E-state index in [9.17, 15) is 9.59 Å². The second-order valence-electron chi connectivity index (χ2n) is 6.55. The second kappa shape index (κ2) is 6.99. The van der Waals surface area contributed by atoms with Crippen LogP contribution in [-0.4, -0.2) is 21.8 Å². The zero-order valence-electron chi connectivity index (χ0n) is 14.6. The van der Waals surface area contributed by atoms with E-state index in [1.807, 2.05) is 30.3 Å². The number of carbonyl (C=O) groups is 2. The van der Waals surface area contributed by atoms with Gasteiger partial charge in [-0.25, -0.2) is 9.97 Å². The summed E-state index contributed by atoms with van der Waals surface area (Å²) >= 11 is 0. The summed E-state index contributed by atoms with van der Waals surface area (Å²) in [6.07, 6.45) is 5.41.